The zero-order valence-electron chi connectivity index (χ0n) is 16.5. The number of methoxy groups -OCH3 is 1. The first kappa shape index (κ1) is 19.6. The van der Waals surface area contributed by atoms with Crippen molar-refractivity contribution in [2.24, 2.45) is 0 Å². The Bertz CT molecular complexity index is 1040. The van der Waals surface area contributed by atoms with Crippen molar-refractivity contribution in [3.05, 3.63) is 58.8 Å². The van der Waals surface area contributed by atoms with Gasteiger partial charge in [-0.1, -0.05) is 18.9 Å². The molecule has 1 fully saturated rings. The van der Waals surface area contributed by atoms with Gasteiger partial charge in [0.15, 0.2) is 0 Å². The van der Waals surface area contributed by atoms with Crippen LogP contribution in [-0.4, -0.2) is 33.0 Å². The van der Waals surface area contributed by atoms with Gasteiger partial charge in [0, 0.05) is 18.3 Å². The van der Waals surface area contributed by atoms with Crippen LogP contribution in [0.15, 0.2) is 48.7 Å². The van der Waals surface area contributed by atoms with Crippen molar-refractivity contribution in [2.45, 2.75) is 31.7 Å². The molecule has 0 unspecified atom stereocenters. The van der Waals surface area contributed by atoms with E-state index in [2.05, 4.69) is 25.6 Å². The molecule has 1 aliphatic rings. The van der Waals surface area contributed by atoms with Crippen molar-refractivity contribution in [2.75, 3.05) is 17.7 Å². The largest absolute Gasteiger partial charge is 0.496 e. The first-order valence-corrected chi connectivity index (χ1v) is 9.79. The van der Waals surface area contributed by atoms with Gasteiger partial charge < -0.3 is 15.4 Å². The molecule has 1 aliphatic carbocycles. The lowest BCUT2D eigenvalue weighted by atomic mass is 10.2. The number of ether oxygens (including phenoxy) is 1. The third-order valence-electron chi connectivity index (χ3n) is 5.01. The van der Waals surface area contributed by atoms with Gasteiger partial charge in [0.1, 0.15) is 17.3 Å². The number of benzene rings is 1. The van der Waals surface area contributed by atoms with E-state index in [1.165, 1.54) is 26.0 Å². The number of anilines is 3. The number of nitrogens with one attached hydrogen (secondary N) is 2. The number of aromatic nitrogens is 3. The van der Waals surface area contributed by atoms with Crippen LogP contribution in [0.3, 0.4) is 0 Å². The number of nitro groups is 1. The van der Waals surface area contributed by atoms with Crippen LogP contribution < -0.4 is 15.4 Å². The van der Waals surface area contributed by atoms with E-state index in [0.717, 1.165) is 12.8 Å². The van der Waals surface area contributed by atoms with Crippen LogP contribution in [0.2, 0.25) is 0 Å². The average molecular weight is 406 g/mol. The smallest absolute Gasteiger partial charge is 0.296 e. The number of nitrogens with zero attached hydrogens (tertiary/aromatic N) is 4. The van der Waals surface area contributed by atoms with Gasteiger partial charge >= 0.3 is 0 Å². The fourth-order valence-corrected chi connectivity index (χ4v) is 3.51. The lowest BCUT2D eigenvalue weighted by Gasteiger charge is -2.15. The molecule has 9 nitrogen and oxygen atoms in total. The molecular formula is C21H22N6O3. The quantitative estimate of drug-likeness (QED) is 0.434. The molecule has 0 atom stereocenters. The molecule has 2 N–H and O–H groups in total. The standard InChI is InChI=1S/C21H22N6O3/c1-30-15-9-10-17(19(12-15)27(28)29)24-20-13-18(16-8-4-5-11-22-16)25-21(26-20)23-14-6-2-3-7-14/h4-5,8-14H,2-3,6-7H2,1H3,(H2,23,24,25,26). The van der Waals surface area contributed by atoms with Crippen LogP contribution in [0.25, 0.3) is 11.4 Å². The normalized spacial score (nSPS) is 13.8. The van der Waals surface area contributed by atoms with E-state index in [9.17, 15) is 10.1 Å². The van der Waals surface area contributed by atoms with Gasteiger partial charge in [0.25, 0.3) is 5.69 Å². The predicted octanol–water partition coefficient (Wildman–Crippen LogP) is 4.55. The molecule has 3 aromatic rings. The highest BCUT2D eigenvalue weighted by Crippen LogP contribution is 2.32. The highest BCUT2D eigenvalue weighted by molar-refractivity contribution is 5.72. The number of hydrogen-bond acceptors (Lipinski definition) is 8. The molecule has 1 aromatic carbocycles. The second-order valence-electron chi connectivity index (χ2n) is 7.07. The molecule has 0 saturated heterocycles. The van der Waals surface area contributed by atoms with Crippen molar-refractivity contribution in [1.82, 2.24) is 15.0 Å². The summed E-state index contributed by atoms with van der Waals surface area (Å²) < 4.78 is 5.10. The molecule has 1 saturated carbocycles. The van der Waals surface area contributed by atoms with Crippen LogP contribution in [0.5, 0.6) is 5.75 Å². The highest BCUT2D eigenvalue weighted by atomic mass is 16.6. The topological polar surface area (TPSA) is 115 Å². The van der Waals surface area contributed by atoms with E-state index in [1.807, 2.05) is 18.2 Å². The Hall–Kier alpha value is -3.75. The van der Waals surface area contributed by atoms with Gasteiger partial charge in [-0.25, -0.2) is 4.98 Å². The first-order valence-electron chi connectivity index (χ1n) is 9.79. The lowest BCUT2D eigenvalue weighted by Crippen LogP contribution is -2.17. The van der Waals surface area contributed by atoms with Crippen LogP contribution in [0.1, 0.15) is 25.7 Å². The highest BCUT2D eigenvalue weighted by Gasteiger charge is 2.19. The van der Waals surface area contributed by atoms with Crippen molar-refractivity contribution >= 4 is 23.1 Å². The SMILES string of the molecule is COc1ccc(Nc2cc(-c3ccccn3)nc(NC3CCCC3)n2)c([N+](=O)[O-])c1. The van der Waals surface area contributed by atoms with E-state index in [0.29, 0.717) is 40.6 Å². The minimum Gasteiger partial charge on any atom is -0.496 e. The van der Waals surface area contributed by atoms with E-state index < -0.39 is 4.92 Å². The number of hydrogen-bond donors (Lipinski definition) is 2. The minimum atomic E-state index is -0.455. The van der Waals surface area contributed by atoms with E-state index >= 15 is 0 Å². The summed E-state index contributed by atoms with van der Waals surface area (Å²) in [6.07, 6.45) is 6.21. The second kappa shape index (κ2) is 8.73. The summed E-state index contributed by atoms with van der Waals surface area (Å²) in [6, 6.07) is 12.3. The summed E-state index contributed by atoms with van der Waals surface area (Å²) in [4.78, 5) is 24.6. The van der Waals surface area contributed by atoms with Gasteiger partial charge in [-0.2, -0.15) is 4.98 Å². The molecule has 2 heterocycles. The summed E-state index contributed by atoms with van der Waals surface area (Å²) in [7, 11) is 1.47. The van der Waals surface area contributed by atoms with E-state index in [1.54, 1.807) is 24.4 Å². The maximum absolute atomic E-state index is 11.5. The van der Waals surface area contributed by atoms with Crippen molar-refractivity contribution in [1.29, 1.82) is 0 Å². The maximum Gasteiger partial charge on any atom is 0.296 e. The molecule has 9 heteroatoms. The van der Waals surface area contributed by atoms with Gasteiger partial charge in [-0.05, 0) is 37.1 Å². The fourth-order valence-electron chi connectivity index (χ4n) is 3.51. The Labute approximate surface area is 173 Å². The van der Waals surface area contributed by atoms with E-state index in [-0.39, 0.29) is 5.69 Å². The molecular weight excluding hydrogens is 384 g/mol. The summed E-state index contributed by atoms with van der Waals surface area (Å²) in [5.41, 5.74) is 1.54. The van der Waals surface area contributed by atoms with Gasteiger partial charge in [-0.3, -0.25) is 15.1 Å². The molecule has 0 bridgehead atoms. The van der Waals surface area contributed by atoms with Crippen LogP contribution in [0.4, 0.5) is 23.1 Å². The Morgan fingerprint density at radius 1 is 1.10 bits per heavy atom. The molecule has 0 amide bonds. The average Bonchev–Trinajstić information content (AvgIpc) is 3.27. The Morgan fingerprint density at radius 2 is 1.93 bits per heavy atom. The monoisotopic (exact) mass is 406 g/mol. The molecule has 4 rings (SSSR count). The number of nitro benzene ring substituents is 1. The fraction of sp³-hybridized carbons (Fsp3) is 0.286. The Morgan fingerprint density at radius 3 is 2.63 bits per heavy atom. The molecule has 2 aromatic heterocycles. The van der Waals surface area contributed by atoms with Crippen molar-refractivity contribution < 1.29 is 9.66 Å². The van der Waals surface area contributed by atoms with Crippen molar-refractivity contribution in [3.63, 3.8) is 0 Å². The van der Waals surface area contributed by atoms with Gasteiger partial charge in [0.05, 0.1) is 29.5 Å². The number of rotatable bonds is 7. The van der Waals surface area contributed by atoms with Crippen LogP contribution in [-0.2, 0) is 0 Å². The second-order valence-corrected chi connectivity index (χ2v) is 7.07. The predicted molar refractivity (Wildman–Crippen MR) is 114 cm³/mol. The third kappa shape index (κ3) is 4.45. The summed E-state index contributed by atoms with van der Waals surface area (Å²) >= 11 is 0. The van der Waals surface area contributed by atoms with Gasteiger partial charge in [0.2, 0.25) is 5.95 Å². The third-order valence-corrected chi connectivity index (χ3v) is 5.01. The first-order chi connectivity index (χ1) is 14.6. The molecule has 0 aliphatic heterocycles. The molecule has 0 radical (unpaired) electrons. The zero-order valence-corrected chi connectivity index (χ0v) is 16.5. The van der Waals surface area contributed by atoms with Crippen LogP contribution >= 0.6 is 0 Å². The summed E-state index contributed by atoms with van der Waals surface area (Å²) in [6.45, 7) is 0. The van der Waals surface area contributed by atoms with E-state index in [4.69, 9.17) is 4.74 Å². The summed E-state index contributed by atoms with van der Waals surface area (Å²) in [5.74, 6) is 1.33. The Balaban J connectivity index is 1.70. The van der Waals surface area contributed by atoms with Crippen LogP contribution in [0, 0.1) is 10.1 Å². The minimum absolute atomic E-state index is 0.0994. The zero-order chi connectivity index (χ0) is 20.9. The maximum atomic E-state index is 11.5. The summed E-state index contributed by atoms with van der Waals surface area (Å²) in [5, 5.41) is 18.0. The Kier molecular flexibility index (Phi) is 5.69. The van der Waals surface area contributed by atoms with Gasteiger partial charge in [-0.15, -0.1) is 0 Å². The van der Waals surface area contributed by atoms with Crippen molar-refractivity contribution in [3.8, 4) is 17.1 Å². The lowest BCUT2D eigenvalue weighted by molar-refractivity contribution is -0.384. The molecule has 0 spiro atoms. The molecule has 154 valence electrons. The molecule has 30 heavy (non-hydrogen) atoms. The number of pyridine rings is 1.